The summed E-state index contributed by atoms with van der Waals surface area (Å²) in [5.74, 6) is 1.21. The smallest absolute Gasteiger partial charge is 0.261 e. The molecule has 0 spiro atoms. The molecule has 0 unspecified atom stereocenters. The van der Waals surface area contributed by atoms with Crippen LogP contribution < -0.4 is 10.0 Å². The van der Waals surface area contributed by atoms with Crippen LogP contribution in [0.3, 0.4) is 0 Å². The Balaban J connectivity index is 1.48. The van der Waals surface area contributed by atoms with Gasteiger partial charge in [0.05, 0.1) is 4.90 Å². The minimum atomic E-state index is -3.74. The van der Waals surface area contributed by atoms with Crippen LogP contribution >= 0.6 is 11.6 Å². The van der Waals surface area contributed by atoms with Crippen molar-refractivity contribution < 1.29 is 8.42 Å². The molecule has 0 atom stereocenters. The molecule has 0 aliphatic carbocycles. The van der Waals surface area contributed by atoms with Gasteiger partial charge < -0.3 is 5.32 Å². The zero-order valence-electron chi connectivity index (χ0n) is 15.8. The Morgan fingerprint density at radius 1 is 1.00 bits per heavy atom. The Bertz CT molecular complexity index is 1280. The normalized spacial score (nSPS) is 11.3. The van der Waals surface area contributed by atoms with Crippen LogP contribution in [0.2, 0.25) is 5.02 Å². The monoisotopic (exact) mass is 440 g/mol. The van der Waals surface area contributed by atoms with Crippen molar-refractivity contribution in [1.82, 2.24) is 19.7 Å². The van der Waals surface area contributed by atoms with Crippen molar-refractivity contribution in [2.24, 2.45) is 0 Å². The van der Waals surface area contributed by atoms with Crippen molar-refractivity contribution in [2.75, 3.05) is 10.0 Å². The van der Waals surface area contributed by atoms with E-state index in [1.807, 2.05) is 6.92 Å². The summed E-state index contributed by atoms with van der Waals surface area (Å²) in [6.07, 6.45) is 4.89. The third-order valence-electron chi connectivity index (χ3n) is 4.25. The van der Waals surface area contributed by atoms with Crippen molar-refractivity contribution in [1.29, 1.82) is 0 Å². The SMILES string of the molecule is Cc1ccc(S(=O)(=O)Nc2ccc(Nc3cc(-n4cccn4)ncn3)cc2)cc1Cl. The van der Waals surface area contributed by atoms with E-state index in [9.17, 15) is 8.42 Å². The van der Waals surface area contributed by atoms with Gasteiger partial charge in [-0.2, -0.15) is 5.10 Å². The first-order valence-electron chi connectivity index (χ1n) is 8.89. The molecule has 152 valence electrons. The number of nitrogens with one attached hydrogen (secondary N) is 2. The number of nitrogens with zero attached hydrogens (tertiary/aromatic N) is 4. The first kappa shape index (κ1) is 19.9. The Kier molecular flexibility index (Phi) is 5.39. The van der Waals surface area contributed by atoms with Crippen LogP contribution in [0.4, 0.5) is 17.2 Å². The third kappa shape index (κ3) is 4.42. The number of benzene rings is 2. The summed E-state index contributed by atoms with van der Waals surface area (Å²) in [6, 6.07) is 15.0. The van der Waals surface area contributed by atoms with E-state index in [0.717, 1.165) is 11.3 Å². The lowest BCUT2D eigenvalue weighted by Gasteiger charge is -2.11. The largest absolute Gasteiger partial charge is 0.340 e. The van der Waals surface area contributed by atoms with Crippen molar-refractivity contribution in [3.63, 3.8) is 0 Å². The highest BCUT2D eigenvalue weighted by Crippen LogP contribution is 2.24. The van der Waals surface area contributed by atoms with Crippen molar-refractivity contribution in [2.45, 2.75) is 11.8 Å². The second kappa shape index (κ2) is 8.13. The molecule has 4 aromatic rings. The first-order chi connectivity index (χ1) is 14.4. The van der Waals surface area contributed by atoms with E-state index in [0.29, 0.717) is 22.3 Å². The minimum Gasteiger partial charge on any atom is -0.340 e. The molecule has 0 radical (unpaired) electrons. The van der Waals surface area contributed by atoms with Gasteiger partial charge in [0.2, 0.25) is 0 Å². The molecular weight excluding hydrogens is 424 g/mol. The summed E-state index contributed by atoms with van der Waals surface area (Å²) in [4.78, 5) is 8.48. The molecule has 0 amide bonds. The van der Waals surface area contributed by atoms with Gasteiger partial charge in [-0.15, -0.1) is 0 Å². The molecule has 0 aliphatic rings. The first-order valence-corrected chi connectivity index (χ1v) is 10.7. The van der Waals surface area contributed by atoms with Gasteiger partial charge in [-0.3, -0.25) is 4.72 Å². The summed E-state index contributed by atoms with van der Waals surface area (Å²) >= 11 is 6.05. The van der Waals surface area contributed by atoms with Gasteiger partial charge in [-0.25, -0.2) is 23.1 Å². The molecule has 0 fully saturated rings. The number of aryl methyl sites for hydroxylation is 1. The Morgan fingerprint density at radius 3 is 2.47 bits per heavy atom. The number of rotatable bonds is 6. The van der Waals surface area contributed by atoms with Crippen LogP contribution in [0.15, 0.2) is 78.2 Å². The second-order valence-electron chi connectivity index (χ2n) is 6.43. The highest BCUT2D eigenvalue weighted by atomic mass is 35.5. The van der Waals surface area contributed by atoms with Crippen LogP contribution in [0.5, 0.6) is 0 Å². The number of sulfonamides is 1. The molecule has 2 N–H and O–H groups in total. The molecule has 0 bridgehead atoms. The van der Waals surface area contributed by atoms with Gasteiger partial charge >= 0.3 is 0 Å². The van der Waals surface area contributed by atoms with Gasteiger partial charge in [0.1, 0.15) is 12.1 Å². The van der Waals surface area contributed by atoms with Crippen LogP contribution in [0.1, 0.15) is 5.56 Å². The van der Waals surface area contributed by atoms with Crippen LogP contribution in [0.25, 0.3) is 5.82 Å². The fraction of sp³-hybridized carbons (Fsp3) is 0.0500. The van der Waals surface area contributed by atoms with Crippen molar-refractivity contribution in [3.05, 3.63) is 83.9 Å². The predicted molar refractivity (Wildman–Crippen MR) is 116 cm³/mol. The van der Waals surface area contributed by atoms with Gasteiger partial charge in [0.15, 0.2) is 5.82 Å². The average molecular weight is 441 g/mol. The topological polar surface area (TPSA) is 102 Å². The van der Waals surface area contributed by atoms with Crippen LogP contribution in [0, 0.1) is 6.92 Å². The van der Waals surface area contributed by atoms with E-state index in [-0.39, 0.29) is 4.90 Å². The molecule has 4 rings (SSSR count). The molecule has 8 nitrogen and oxygen atoms in total. The fourth-order valence-electron chi connectivity index (χ4n) is 2.67. The van der Waals surface area contributed by atoms with E-state index >= 15 is 0 Å². The summed E-state index contributed by atoms with van der Waals surface area (Å²) in [7, 11) is -3.74. The lowest BCUT2D eigenvalue weighted by Crippen LogP contribution is -2.13. The Labute approximate surface area is 178 Å². The number of halogens is 1. The van der Waals surface area contributed by atoms with Gasteiger partial charge in [-0.05, 0) is 55.0 Å². The van der Waals surface area contributed by atoms with E-state index in [4.69, 9.17) is 11.6 Å². The van der Waals surface area contributed by atoms with Gasteiger partial charge in [-0.1, -0.05) is 17.7 Å². The zero-order chi connectivity index (χ0) is 21.1. The van der Waals surface area contributed by atoms with Crippen LogP contribution in [-0.4, -0.2) is 28.2 Å². The number of aromatic nitrogens is 4. The van der Waals surface area contributed by atoms with Gasteiger partial charge in [0.25, 0.3) is 10.0 Å². The maximum Gasteiger partial charge on any atom is 0.261 e. The number of hydrogen-bond donors (Lipinski definition) is 2. The molecule has 0 saturated heterocycles. The second-order valence-corrected chi connectivity index (χ2v) is 8.52. The average Bonchev–Trinajstić information content (AvgIpc) is 3.26. The van der Waals surface area contributed by atoms with E-state index in [1.54, 1.807) is 59.5 Å². The molecule has 2 aromatic carbocycles. The predicted octanol–water partition coefficient (Wildman–Crippen LogP) is 4.17. The third-order valence-corrected chi connectivity index (χ3v) is 6.04. The summed E-state index contributed by atoms with van der Waals surface area (Å²) in [6.45, 7) is 1.81. The maximum atomic E-state index is 12.6. The molecule has 30 heavy (non-hydrogen) atoms. The number of hydrogen-bond acceptors (Lipinski definition) is 6. The Morgan fingerprint density at radius 2 is 1.77 bits per heavy atom. The fourth-order valence-corrected chi connectivity index (χ4v) is 4.00. The Hall–Kier alpha value is -3.43. The van der Waals surface area contributed by atoms with Gasteiger partial charge in [0, 0.05) is 34.9 Å². The summed E-state index contributed by atoms with van der Waals surface area (Å²) in [5.41, 5.74) is 1.98. The highest BCUT2D eigenvalue weighted by Gasteiger charge is 2.15. The van der Waals surface area contributed by atoms with Crippen molar-refractivity contribution >= 4 is 38.8 Å². The highest BCUT2D eigenvalue weighted by molar-refractivity contribution is 7.92. The number of anilines is 3. The van der Waals surface area contributed by atoms with E-state index in [2.05, 4.69) is 25.1 Å². The molecule has 0 saturated carbocycles. The van der Waals surface area contributed by atoms with Crippen LogP contribution in [-0.2, 0) is 10.0 Å². The summed E-state index contributed by atoms with van der Waals surface area (Å²) in [5, 5.41) is 7.70. The standard InChI is InChI=1S/C20H17ClN6O2S/c1-14-3-8-17(11-18(14)21)30(28,29)26-16-6-4-15(5-7-16)25-19-12-20(23-13-22-19)27-10-2-9-24-27/h2-13,26H,1H3,(H,22,23,25). The molecular formula is C20H17ClN6O2S. The maximum absolute atomic E-state index is 12.6. The minimum absolute atomic E-state index is 0.104. The zero-order valence-corrected chi connectivity index (χ0v) is 17.4. The molecule has 0 aliphatic heterocycles. The van der Waals surface area contributed by atoms with E-state index in [1.165, 1.54) is 18.5 Å². The van der Waals surface area contributed by atoms with Crippen molar-refractivity contribution in [3.8, 4) is 5.82 Å². The molecule has 10 heteroatoms. The quantitative estimate of drug-likeness (QED) is 0.466. The lowest BCUT2D eigenvalue weighted by atomic mass is 10.2. The molecule has 2 aromatic heterocycles. The summed E-state index contributed by atoms with van der Waals surface area (Å²) < 4.78 is 29.3. The van der Waals surface area contributed by atoms with E-state index < -0.39 is 10.0 Å². The lowest BCUT2D eigenvalue weighted by molar-refractivity contribution is 0.601. The molecule has 2 heterocycles.